The van der Waals surface area contributed by atoms with Crippen LogP contribution in [0.25, 0.3) is 0 Å². The van der Waals surface area contributed by atoms with Crippen LogP contribution in [0, 0.1) is 11.7 Å². The van der Waals surface area contributed by atoms with Gasteiger partial charge in [0.2, 0.25) is 15.9 Å². The highest BCUT2D eigenvalue weighted by atomic mass is 32.2. The van der Waals surface area contributed by atoms with Crippen LogP contribution in [0.2, 0.25) is 0 Å². The predicted molar refractivity (Wildman–Crippen MR) is 115 cm³/mol. The second kappa shape index (κ2) is 9.71. The first-order chi connectivity index (χ1) is 14.3. The van der Waals surface area contributed by atoms with Crippen molar-refractivity contribution in [1.29, 1.82) is 0 Å². The fourth-order valence-corrected chi connectivity index (χ4v) is 5.25. The first-order valence-electron chi connectivity index (χ1n) is 10.4. The lowest BCUT2D eigenvalue weighted by molar-refractivity contribution is -0.139. The molecule has 3 rings (SSSR count). The molecule has 0 spiro atoms. The van der Waals surface area contributed by atoms with Crippen molar-refractivity contribution in [2.75, 3.05) is 13.1 Å². The van der Waals surface area contributed by atoms with Crippen LogP contribution in [-0.4, -0.2) is 42.7 Å². The van der Waals surface area contributed by atoms with E-state index in [1.165, 1.54) is 16.4 Å². The minimum absolute atomic E-state index is 0.0824. The first-order valence-corrected chi connectivity index (χ1v) is 11.9. The van der Waals surface area contributed by atoms with Gasteiger partial charge in [0.15, 0.2) is 0 Å². The molecule has 0 radical (unpaired) electrons. The molecule has 1 saturated heterocycles. The quantitative estimate of drug-likeness (QED) is 0.663. The molecule has 5 nitrogen and oxygen atoms in total. The summed E-state index contributed by atoms with van der Waals surface area (Å²) < 4.78 is 40.2. The molecule has 0 bridgehead atoms. The van der Waals surface area contributed by atoms with Crippen LogP contribution in [0.1, 0.15) is 38.7 Å². The van der Waals surface area contributed by atoms with Gasteiger partial charge < -0.3 is 4.90 Å². The van der Waals surface area contributed by atoms with E-state index < -0.39 is 15.8 Å². The largest absolute Gasteiger partial charge is 0.335 e. The molecule has 0 aromatic heterocycles. The molecule has 7 heteroatoms. The third-order valence-corrected chi connectivity index (χ3v) is 7.77. The predicted octanol–water partition coefficient (Wildman–Crippen LogP) is 4.05. The van der Waals surface area contributed by atoms with Crippen molar-refractivity contribution in [2.45, 2.75) is 50.6 Å². The van der Waals surface area contributed by atoms with E-state index >= 15 is 0 Å². The van der Waals surface area contributed by atoms with Gasteiger partial charge in [-0.1, -0.05) is 37.3 Å². The van der Waals surface area contributed by atoms with Crippen molar-refractivity contribution in [2.24, 2.45) is 5.92 Å². The number of piperidine rings is 1. The number of hydrogen-bond acceptors (Lipinski definition) is 3. The molecular weight excluding hydrogens is 403 g/mol. The lowest BCUT2D eigenvalue weighted by Crippen LogP contribution is -2.46. The maximum Gasteiger partial charge on any atom is 0.243 e. The minimum atomic E-state index is -3.68. The Labute approximate surface area is 178 Å². The maximum atomic E-state index is 13.3. The Morgan fingerprint density at radius 2 is 1.70 bits per heavy atom. The molecule has 0 saturated carbocycles. The van der Waals surface area contributed by atoms with Crippen LogP contribution in [0.5, 0.6) is 0 Å². The van der Waals surface area contributed by atoms with E-state index in [4.69, 9.17) is 0 Å². The normalized spacial score (nSPS) is 16.9. The fraction of sp³-hybridized carbons (Fsp3) is 0.435. The van der Waals surface area contributed by atoms with Gasteiger partial charge in [0.05, 0.1) is 4.90 Å². The summed E-state index contributed by atoms with van der Waals surface area (Å²) in [7, 11) is -3.68. The third kappa shape index (κ3) is 5.08. The maximum absolute atomic E-state index is 13.3. The van der Waals surface area contributed by atoms with Gasteiger partial charge in [0.25, 0.3) is 0 Å². The number of carbonyl (C=O) groups is 1. The molecular formula is C23H29FN2O3S. The summed E-state index contributed by atoms with van der Waals surface area (Å²) >= 11 is 0. The summed E-state index contributed by atoms with van der Waals surface area (Å²) in [5, 5.41) is 0. The zero-order valence-electron chi connectivity index (χ0n) is 17.5. The van der Waals surface area contributed by atoms with Crippen molar-refractivity contribution in [1.82, 2.24) is 9.21 Å². The molecule has 162 valence electrons. The highest BCUT2D eigenvalue weighted by Crippen LogP contribution is 2.27. The number of benzene rings is 2. The van der Waals surface area contributed by atoms with E-state index in [2.05, 4.69) is 13.8 Å². The number of hydrogen-bond donors (Lipinski definition) is 0. The zero-order valence-corrected chi connectivity index (χ0v) is 18.3. The topological polar surface area (TPSA) is 57.7 Å². The van der Waals surface area contributed by atoms with Crippen LogP contribution < -0.4 is 0 Å². The van der Waals surface area contributed by atoms with E-state index in [1.54, 1.807) is 0 Å². The van der Waals surface area contributed by atoms with E-state index in [-0.39, 0.29) is 35.9 Å². The Morgan fingerprint density at radius 1 is 1.10 bits per heavy atom. The number of carbonyl (C=O) groups excluding carboxylic acids is 1. The van der Waals surface area contributed by atoms with Gasteiger partial charge >= 0.3 is 0 Å². The van der Waals surface area contributed by atoms with Gasteiger partial charge in [0.1, 0.15) is 5.82 Å². The Balaban J connectivity index is 1.67. The Hall–Kier alpha value is -2.25. The number of sulfonamides is 1. The smallest absolute Gasteiger partial charge is 0.243 e. The highest BCUT2D eigenvalue weighted by Gasteiger charge is 2.34. The van der Waals surface area contributed by atoms with Crippen molar-refractivity contribution in [3.8, 4) is 0 Å². The number of amides is 1. The van der Waals surface area contributed by atoms with Gasteiger partial charge in [0, 0.05) is 31.6 Å². The van der Waals surface area contributed by atoms with Gasteiger partial charge in [-0.2, -0.15) is 4.31 Å². The van der Waals surface area contributed by atoms with Crippen LogP contribution >= 0.6 is 0 Å². The number of rotatable bonds is 7. The van der Waals surface area contributed by atoms with Crippen LogP contribution in [0.15, 0.2) is 59.5 Å². The van der Waals surface area contributed by atoms with Gasteiger partial charge in [-0.3, -0.25) is 4.79 Å². The van der Waals surface area contributed by atoms with Crippen LogP contribution in [-0.2, 0) is 21.4 Å². The second-order valence-corrected chi connectivity index (χ2v) is 9.78. The number of halogens is 1. The highest BCUT2D eigenvalue weighted by molar-refractivity contribution is 7.89. The monoisotopic (exact) mass is 432 g/mol. The Kier molecular flexibility index (Phi) is 7.26. The first kappa shape index (κ1) is 22.4. The summed E-state index contributed by atoms with van der Waals surface area (Å²) in [5.74, 6) is -0.573. The van der Waals surface area contributed by atoms with Crippen molar-refractivity contribution >= 4 is 15.9 Å². The third-order valence-electron chi connectivity index (χ3n) is 5.86. The lowest BCUT2D eigenvalue weighted by Gasteiger charge is -2.36. The molecule has 1 amide bonds. The second-order valence-electron chi connectivity index (χ2n) is 7.84. The molecule has 1 aliphatic heterocycles. The fourth-order valence-electron chi connectivity index (χ4n) is 3.78. The SMILES string of the molecule is CCC(C)N(Cc1ccccc1)C(=O)C1CCN(S(=O)(=O)c2ccc(F)cc2)CC1. The average molecular weight is 433 g/mol. The van der Waals surface area contributed by atoms with Crippen molar-refractivity contribution in [3.63, 3.8) is 0 Å². The van der Waals surface area contributed by atoms with Gasteiger partial charge in [-0.15, -0.1) is 0 Å². The molecule has 2 aromatic rings. The Bertz CT molecular complexity index is 940. The van der Waals surface area contributed by atoms with E-state index in [1.807, 2.05) is 35.2 Å². The molecule has 1 fully saturated rings. The minimum Gasteiger partial charge on any atom is -0.335 e. The van der Waals surface area contributed by atoms with E-state index in [0.29, 0.717) is 19.4 Å². The molecule has 30 heavy (non-hydrogen) atoms. The molecule has 1 unspecified atom stereocenters. The standard InChI is InChI=1S/C23H29FN2O3S/c1-3-18(2)26(17-19-7-5-4-6-8-19)23(27)20-13-15-25(16-14-20)30(28,29)22-11-9-21(24)10-12-22/h4-12,18,20H,3,13-17H2,1-2H3. The molecule has 1 aliphatic rings. The van der Waals surface area contributed by atoms with Crippen LogP contribution in [0.3, 0.4) is 0 Å². The summed E-state index contributed by atoms with van der Waals surface area (Å²) in [5.41, 5.74) is 1.09. The van der Waals surface area contributed by atoms with Gasteiger partial charge in [-0.05, 0) is 56.0 Å². The molecule has 0 aliphatic carbocycles. The lowest BCUT2D eigenvalue weighted by atomic mass is 9.95. The summed E-state index contributed by atoms with van der Waals surface area (Å²) in [6, 6.07) is 14.9. The zero-order chi connectivity index (χ0) is 21.7. The van der Waals surface area contributed by atoms with Crippen LogP contribution in [0.4, 0.5) is 4.39 Å². The van der Waals surface area contributed by atoms with Crippen molar-refractivity contribution in [3.05, 3.63) is 66.0 Å². The van der Waals surface area contributed by atoms with E-state index in [9.17, 15) is 17.6 Å². The molecule has 2 aromatic carbocycles. The summed E-state index contributed by atoms with van der Waals surface area (Å²) in [4.78, 5) is 15.3. The van der Waals surface area contributed by atoms with Crippen molar-refractivity contribution < 1.29 is 17.6 Å². The summed E-state index contributed by atoms with van der Waals surface area (Å²) in [6.45, 7) is 5.25. The average Bonchev–Trinajstić information content (AvgIpc) is 2.77. The number of nitrogens with zero attached hydrogens (tertiary/aromatic N) is 2. The molecule has 0 N–H and O–H groups in total. The molecule has 1 atom stereocenters. The Morgan fingerprint density at radius 3 is 2.27 bits per heavy atom. The summed E-state index contributed by atoms with van der Waals surface area (Å²) in [6.07, 6.45) is 1.83. The van der Waals surface area contributed by atoms with E-state index in [0.717, 1.165) is 24.1 Å². The van der Waals surface area contributed by atoms with Gasteiger partial charge in [-0.25, -0.2) is 12.8 Å². The molecule has 1 heterocycles.